The summed E-state index contributed by atoms with van der Waals surface area (Å²) in [5.41, 5.74) is 1.04. The number of allylic oxidation sites excluding steroid dienone is 1. The number of nitrogens with zero attached hydrogens (tertiary/aromatic N) is 2. The summed E-state index contributed by atoms with van der Waals surface area (Å²) < 4.78 is 17.9. The molecule has 1 aromatic carbocycles. The summed E-state index contributed by atoms with van der Waals surface area (Å²) in [5, 5.41) is 1.89. The van der Waals surface area contributed by atoms with Crippen LogP contribution in [0.2, 0.25) is 0 Å². The maximum absolute atomic E-state index is 13.6. The van der Waals surface area contributed by atoms with E-state index in [0.717, 1.165) is 4.88 Å². The molecule has 0 radical (unpaired) electrons. The summed E-state index contributed by atoms with van der Waals surface area (Å²) in [4.78, 5) is 44.0. The van der Waals surface area contributed by atoms with Gasteiger partial charge in [0.1, 0.15) is 6.04 Å². The largest absolute Gasteiger partial charge is 0.493 e. The van der Waals surface area contributed by atoms with Gasteiger partial charge >= 0.3 is 11.9 Å². The molecule has 8 nitrogen and oxygen atoms in total. The minimum absolute atomic E-state index is 0.214. The van der Waals surface area contributed by atoms with E-state index in [9.17, 15) is 14.4 Å². The Morgan fingerprint density at radius 2 is 2.03 bits per heavy atom. The molecule has 1 atom stereocenters. The summed E-state index contributed by atoms with van der Waals surface area (Å²) >= 11 is 2.64. The van der Waals surface area contributed by atoms with Gasteiger partial charge in [-0.2, -0.15) is 0 Å². The summed E-state index contributed by atoms with van der Waals surface area (Å²) in [7, 11) is 1.47. The second kappa shape index (κ2) is 9.78. The molecule has 0 saturated carbocycles. The number of hydrogen-bond donors (Lipinski definition) is 0. The van der Waals surface area contributed by atoms with Gasteiger partial charge in [-0.15, -0.1) is 11.3 Å². The first-order chi connectivity index (χ1) is 16.3. The maximum atomic E-state index is 13.6. The third-order valence-electron chi connectivity index (χ3n) is 5.09. The number of methoxy groups -OCH3 is 1. The second-order valence-corrected chi connectivity index (χ2v) is 9.28. The van der Waals surface area contributed by atoms with Crippen molar-refractivity contribution in [3.05, 3.63) is 77.1 Å². The Balaban J connectivity index is 1.94. The van der Waals surface area contributed by atoms with Crippen LogP contribution in [-0.2, 0) is 14.3 Å². The van der Waals surface area contributed by atoms with E-state index in [1.165, 1.54) is 41.3 Å². The number of ether oxygens (including phenoxy) is 3. The van der Waals surface area contributed by atoms with Gasteiger partial charge in [0.05, 0.1) is 29.5 Å². The van der Waals surface area contributed by atoms with Crippen LogP contribution in [0.1, 0.15) is 37.3 Å². The van der Waals surface area contributed by atoms with Crippen molar-refractivity contribution in [3.8, 4) is 11.5 Å². The first-order valence-electron chi connectivity index (χ1n) is 10.4. The van der Waals surface area contributed by atoms with E-state index in [4.69, 9.17) is 14.2 Å². The fraction of sp³-hybridized carbons (Fsp3) is 0.250. The topological polar surface area (TPSA) is 96.2 Å². The monoisotopic (exact) mass is 498 g/mol. The highest BCUT2D eigenvalue weighted by Gasteiger charge is 2.33. The van der Waals surface area contributed by atoms with Crippen molar-refractivity contribution in [2.45, 2.75) is 26.8 Å². The zero-order chi connectivity index (χ0) is 24.4. The predicted octanol–water partition coefficient (Wildman–Crippen LogP) is 2.79. The van der Waals surface area contributed by atoms with Crippen LogP contribution in [0.25, 0.3) is 6.08 Å². The van der Waals surface area contributed by atoms with Gasteiger partial charge in [0.25, 0.3) is 5.56 Å². The van der Waals surface area contributed by atoms with E-state index in [-0.39, 0.29) is 17.9 Å². The molecule has 4 rings (SSSR count). The highest BCUT2D eigenvalue weighted by Crippen LogP contribution is 2.34. The normalized spacial score (nSPS) is 15.5. The molecule has 3 aromatic rings. The molecule has 34 heavy (non-hydrogen) atoms. The van der Waals surface area contributed by atoms with Gasteiger partial charge in [0.15, 0.2) is 16.3 Å². The van der Waals surface area contributed by atoms with Gasteiger partial charge in [-0.3, -0.25) is 14.2 Å². The van der Waals surface area contributed by atoms with E-state index >= 15 is 0 Å². The molecular formula is C24H22N2O6S2. The molecule has 0 N–H and O–H groups in total. The Hall–Kier alpha value is -3.50. The average Bonchev–Trinajstić information content (AvgIpc) is 3.42. The quantitative estimate of drug-likeness (QED) is 0.383. The molecule has 0 aliphatic carbocycles. The molecule has 10 heteroatoms. The Morgan fingerprint density at radius 3 is 2.68 bits per heavy atom. The smallest absolute Gasteiger partial charge is 0.338 e. The van der Waals surface area contributed by atoms with E-state index in [2.05, 4.69) is 4.99 Å². The first-order valence-corrected chi connectivity index (χ1v) is 12.1. The number of rotatable bonds is 6. The second-order valence-electron chi connectivity index (χ2n) is 7.29. The minimum atomic E-state index is -0.643. The molecule has 0 saturated heterocycles. The summed E-state index contributed by atoms with van der Waals surface area (Å²) in [6, 6.07) is 8.25. The number of para-hydroxylation sites is 1. The lowest BCUT2D eigenvalue weighted by molar-refractivity contribution is -0.139. The number of benzene rings is 1. The van der Waals surface area contributed by atoms with Gasteiger partial charge in [-0.05, 0) is 37.4 Å². The Labute approximate surface area is 203 Å². The van der Waals surface area contributed by atoms with E-state index in [0.29, 0.717) is 31.9 Å². The molecule has 0 spiro atoms. The third kappa shape index (κ3) is 4.34. The molecular weight excluding hydrogens is 476 g/mol. The van der Waals surface area contributed by atoms with Crippen molar-refractivity contribution in [3.63, 3.8) is 0 Å². The van der Waals surface area contributed by atoms with Crippen LogP contribution in [0, 0.1) is 0 Å². The maximum Gasteiger partial charge on any atom is 0.338 e. The molecule has 1 unspecified atom stereocenters. The number of thiazole rings is 1. The van der Waals surface area contributed by atoms with Gasteiger partial charge in [0.2, 0.25) is 0 Å². The molecule has 2 aromatic heterocycles. The van der Waals surface area contributed by atoms with Crippen molar-refractivity contribution in [2.75, 3.05) is 13.7 Å². The van der Waals surface area contributed by atoms with Gasteiger partial charge in [0, 0.05) is 17.4 Å². The molecule has 0 bridgehead atoms. The Bertz CT molecular complexity index is 1460. The Morgan fingerprint density at radius 1 is 1.24 bits per heavy atom. The van der Waals surface area contributed by atoms with Crippen LogP contribution in [0.5, 0.6) is 11.5 Å². The van der Waals surface area contributed by atoms with Crippen LogP contribution >= 0.6 is 22.7 Å². The molecule has 1 aliphatic heterocycles. The van der Waals surface area contributed by atoms with Crippen molar-refractivity contribution in [1.29, 1.82) is 0 Å². The summed E-state index contributed by atoms with van der Waals surface area (Å²) in [5.74, 6) is -0.412. The third-order valence-corrected chi connectivity index (χ3v) is 7.00. The number of esters is 2. The SMILES string of the molecule is CCOC(=O)C1=C(C)N=c2s/c(=C/c3cccc(OC)c3OC(C)=O)c(=O)n2C1c1cccs1. The lowest BCUT2D eigenvalue weighted by atomic mass is 10.0. The molecule has 1 aliphatic rings. The van der Waals surface area contributed by atoms with E-state index < -0.39 is 18.0 Å². The average molecular weight is 499 g/mol. The van der Waals surface area contributed by atoms with Crippen LogP contribution in [-0.4, -0.2) is 30.2 Å². The van der Waals surface area contributed by atoms with Gasteiger partial charge in [-0.1, -0.05) is 29.5 Å². The van der Waals surface area contributed by atoms with Crippen molar-refractivity contribution < 1.29 is 23.8 Å². The van der Waals surface area contributed by atoms with Crippen molar-refractivity contribution in [1.82, 2.24) is 4.57 Å². The molecule has 0 fully saturated rings. The Kier molecular flexibility index (Phi) is 6.80. The van der Waals surface area contributed by atoms with E-state index in [1.54, 1.807) is 38.1 Å². The lowest BCUT2D eigenvalue weighted by Crippen LogP contribution is -2.39. The number of carbonyl (C=O) groups is 2. The number of aromatic nitrogens is 1. The summed E-state index contributed by atoms with van der Waals surface area (Å²) in [6.45, 7) is 4.99. The number of carbonyl (C=O) groups excluding carboxylic acids is 2. The first kappa shape index (κ1) is 23.7. The number of fused-ring (bicyclic) bond motifs is 1. The predicted molar refractivity (Wildman–Crippen MR) is 129 cm³/mol. The summed E-state index contributed by atoms with van der Waals surface area (Å²) in [6.07, 6.45) is 1.64. The van der Waals surface area contributed by atoms with Gasteiger partial charge < -0.3 is 14.2 Å². The van der Waals surface area contributed by atoms with Crippen LogP contribution in [0.4, 0.5) is 0 Å². The zero-order valence-corrected chi connectivity index (χ0v) is 20.6. The van der Waals surface area contributed by atoms with Crippen molar-refractivity contribution in [2.24, 2.45) is 4.99 Å². The standard InChI is InChI=1S/C24H22N2O6S2/c1-5-31-23(29)19-13(2)25-24-26(20(19)17-10-7-11-33-17)22(28)18(34-24)12-15-8-6-9-16(30-4)21(15)32-14(3)27/h6-12,20H,5H2,1-4H3/b18-12+. The highest BCUT2D eigenvalue weighted by molar-refractivity contribution is 7.10. The van der Waals surface area contributed by atoms with Crippen LogP contribution in [0.15, 0.2) is 56.8 Å². The lowest BCUT2D eigenvalue weighted by Gasteiger charge is -2.23. The van der Waals surface area contributed by atoms with Crippen LogP contribution in [0.3, 0.4) is 0 Å². The molecule has 3 heterocycles. The fourth-order valence-electron chi connectivity index (χ4n) is 3.71. The molecule has 176 valence electrons. The van der Waals surface area contributed by atoms with Crippen LogP contribution < -0.4 is 24.4 Å². The van der Waals surface area contributed by atoms with Crippen molar-refractivity contribution >= 4 is 40.7 Å². The molecule has 0 amide bonds. The number of hydrogen-bond acceptors (Lipinski definition) is 9. The minimum Gasteiger partial charge on any atom is -0.493 e. The fourth-order valence-corrected chi connectivity index (χ4v) is 5.57. The van der Waals surface area contributed by atoms with Gasteiger partial charge in [-0.25, -0.2) is 9.79 Å². The zero-order valence-electron chi connectivity index (χ0n) is 19.0. The number of thiophene rings is 1. The highest BCUT2D eigenvalue weighted by atomic mass is 32.1. The van der Waals surface area contributed by atoms with E-state index in [1.807, 2.05) is 17.5 Å².